The van der Waals surface area contributed by atoms with Crippen molar-refractivity contribution in [2.75, 3.05) is 37.6 Å². The fraction of sp³-hybridized carbons (Fsp3) is 0.409. The summed E-state index contributed by atoms with van der Waals surface area (Å²) < 4.78 is 1.07. The van der Waals surface area contributed by atoms with Gasteiger partial charge in [0.2, 0.25) is 5.91 Å². The van der Waals surface area contributed by atoms with E-state index in [1.807, 2.05) is 18.2 Å². The highest BCUT2D eigenvalue weighted by Gasteiger charge is 2.21. The number of piperazine rings is 1. The Kier molecular flexibility index (Phi) is 7.30. The Bertz CT molecular complexity index is 729. The van der Waals surface area contributed by atoms with Crippen LogP contribution < -0.4 is 10.2 Å². The molecule has 2 aromatic rings. The molecule has 1 aliphatic heterocycles. The van der Waals surface area contributed by atoms with Gasteiger partial charge in [-0.3, -0.25) is 9.69 Å². The van der Waals surface area contributed by atoms with E-state index in [0.29, 0.717) is 19.0 Å². The van der Waals surface area contributed by atoms with Gasteiger partial charge in [-0.1, -0.05) is 52.3 Å². The Morgan fingerprint density at radius 1 is 1.04 bits per heavy atom. The standard InChI is InChI=1S/C22H28BrN3O/c1-18(17-24-22(27)12-11-19-7-5-6-10-21(19)23)25-13-15-26(16-14-25)20-8-3-2-4-9-20/h2-10,18H,11-17H2,1H3,(H,24,27). The number of aryl methyl sites for hydroxylation is 1. The van der Waals surface area contributed by atoms with Crippen LogP contribution in [0.3, 0.4) is 0 Å². The van der Waals surface area contributed by atoms with Gasteiger partial charge in [-0.15, -0.1) is 0 Å². The van der Waals surface area contributed by atoms with Crippen molar-refractivity contribution in [3.05, 3.63) is 64.6 Å². The van der Waals surface area contributed by atoms with E-state index in [1.54, 1.807) is 0 Å². The van der Waals surface area contributed by atoms with Gasteiger partial charge in [0.05, 0.1) is 0 Å². The third kappa shape index (κ3) is 5.81. The summed E-state index contributed by atoms with van der Waals surface area (Å²) in [7, 11) is 0. The van der Waals surface area contributed by atoms with Crippen LogP contribution in [0, 0.1) is 0 Å². The number of benzene rings is 2. The summed E-state index contributed by atoms with van der Waals surface area (Å²) in [6.45, 7) is 7.03. The monoisotopic (exact) mass is 429 g/mol. The number of carbonyl (C=O) groups excluding carboxylic acids is 1. The summed E-state index contributed by atoms with van der Waals surface area (Å²) in [5, 5.41) is 3.10. The first-order valence-corrected chi connectivity index (χ1v) is 10.5. The number of anilines is 1. The summed E-state index contributed by atoms with van der Waals surface area (Å²) in [6, 6.07) is 19.0. The van der Waals surface area contributed by atoms with Crippen LogP contribution in [-0.2, 0) is 11.2 Å². The van der Waals surface area contributed by atoms with Gasteiger partial charge in [-0.05, 0) is 37.1 Å². The first kappa shape index (κ1) is 19.9. The molecule has 0 aromatic heterocycles. The molecule has 1 aliphatic rings. The third-order valence-corrected chi connectivity index (χ3v) is 6.01. The van der Waals surface area contributed by atoms with Crippen molar-refractivity contribution in [1.29, 1.82) is 0 Å². The van der Waals surface area contributed by atoms with Crippen molar-refractivity contribution in [3.8, 4) is 0 Å². The molecule has 27 heavy (non-hydrogen) atoms. The van der Waals surface area contributed by atoms with E-state index in [9.17, 15) is 4.79 Å². The van der Waals surface area contributed by atoms with E-state index in [4.69, 9.17) is 0 Å². The van der Waals surface area contributed by atoms with Gasteiger partial charge < -0.3 is 10.2 Å². The lowest BCUT2D eigenvalue weighted by Gasteiger charge is -2.39. The Morgan fingerprint density at radius 3 is 2.41 bits per heavy atom. The van der Waals surface area contributed by atoms with Crippen LogP contribution >= 0.6 is 15.9 Å². The maximum atomic E-state index is 12.2. The van der Waals surface area contributed by atoms with Crippen LogP contribution in [-0.4, -0.2) is 49.6 Å². The van der Waals surface area contributed by atoms with E-state index in [1.165, 1.54) is 11.3 Å². The molecule has 1 heterocycles. The largest absolute Gasteiger partial charge is 0.369 e. The van der Waals surface area contributed by atoms with Crippen LogP contribution in [0.5, 0.6) is 0 Å². The topological polar surface area (TPSA) is 35.6 Å². The Balaban J connectivity index is 1.37. The molecule has 1 N–H and O–H groups in total. The SMILES string of the molecule is CC(CNC(=O)CCc1ccccc1Br)N1CCN(c2ccccc2)CC1. The second-order valence-electron chi connectivity index (χ2n) is 7.10. The third-order valence-electron chi connectivity index (χ3n) is 5.23. The van der Waals surface area contributed by atoms with Crippen LogP contribution in [0.1, 0.15) is 18.9 Å². The minimum atomic E-state index is 0.125. The van der Waals surface area contributed by atoms with Gasteiger partial charge in [-0.2, -0.15) is 0 Å². The molecule has 1 amide bonds. The predicted molar refractivity (Wildman–Crippen MR) is 115 cm³/mol. The number of nitrogens with zero attached hydrogens (tertiary/aromatic N) is 2. The summed E-state index contributed by atoms with van der Waals surface area (Å²) in [5.74, 6) is 0.125. The molecule has 0 saturated carbocycles. The molecule has 1 unspecified atom stereocenters. The molecular formula is C22H28BrN3O. The molecule has 0 aliphatic carbocycles. The number of carbonyl (C=O) groups is 1. The zero-order valence-electron chi connectivity index (χ0n) is 15.9. The summed E-state index contributed by atoms with van der Waals surface area (Å²) in [6.07, 6.45) is 1.29. The molecule has 0 bridgehead atoms. The van der Waals surface area contributed by atoms with Crippen molar-refractivity contribution < 1.29 is 4.79 Å². The van der Waals surface area contributed by atoms with Crippen molar-refractivity contribution in [3.63, 3.8) is 0 Å². The van der Waals surface area contributed by atoms with Gasteiger partial charge in [-0.25, -0.2) is 0 Å². The molecule has 1 fully saturated rings. The molecule has 2 aromatic carbocycles. The van der Waals surface area contributed by atoms with E-state index >= 15 is 0 Å². The average Bonchev–Trinajstić information content (AvgIpc) is 2.72. The van der Waals surface area contributed by atoms with Gasteiger partial charge in [0.15, 0.2) is 0 Å². The van der Waals surface area contributed by atoms with Gasteiger partial charge in [0, 0.05) is 55.3 Å². The summed E-state index contributed by atoms with van der Waals surface area (Å²) in [5.41, 5.74) is 2.47. The van der Waals surface area contributed by atoms with Gasteiger partial charge in [0.25, 0.3) is 0 Å². The minimum Gasteiger partial charge on any atom is -0.369 e. The van der Waals surface area contributed by atoms with Crippen molar-refractivity contribution in [2.24, 2.45) is 0 Å². The lowest BCUT2D eigenvalue weighted by atomic mass is 10.1. The molecule has 0 radical (unpaired) electrons. The van der Waals surface area contributed by atoms with Gasteiger partial charge >= 0.3 is 0 Å². The highest BCUT2D eigenvalue weighted by molar-refractivity contribution is 9.10. The van der Waals surface area contributed by atoms with Gasteiger partial charge in [0.1, 0.15) is 0 Å². The minimum absolute atomic E-state index is 0.125. The smallest absolute Gasteiger partial charge is 0.220 e. The van der Waals surface area contributed by atoms with Crippen molar-refractivity contribution >= 4 is 27.5 Å². The zero-order chi connectivity index (χ0) is 19.1. The molecule has 3 rings (SSSR count). The normalized spacial score (nSPS) is 16.1. The highest BCUT2D eigenvalue weighted by Crippen LogP contribution is 2.18. The van der Waals surface area contributed by atoms with E-state index in [-0.39, 0.29) is 5.91 Å². The first-order chi connectivity index (χ1) is 13.1. The number of halogens is 1. The fourth-order valence-corrected chi connectivity index (χ4v) is 3.97. The second kappa shape index (κ2) is 9.90. The number of hydrogen-bond acceptors (Lipinski definition) is 3. The number of rotatable bonds is 7. The molecular weight excluding hydrogens is 402 g/mol. The number of para-hydroxylation sites is 1. The Labute approximate surface area is 170 Å². The molecule has 144 valence electrons. The zero-order valence-corrected chi connectivity index (χ0v) is 17.5. The second-order valence-corrected chi connectivity index (χ2v) is 7.96. The lowest BCUT2D eigenvalue weighted by molar-refractivity contribution is -0.121. The quantitative estimate of drug-likeness (QED) is 0.728. The molecule has 0 spiro atoms. The van der Waals surface area contributed by atoms with Crippen molar-refractivity contribution in [1.82, 2.24) is 10.2 Å². The molecule has 5 heteroatoms. The first-order valence-electron chi connectivity index (χ1n) is 9.67. The Hall–Kier alpha value is -1.85. The average molecular weight is 430 g/mol. The van der Waals surface area contributed by atoms with Crippen LogP contribution in [0.15, 0.2) is 59.1 Å². The molecule has 1 saturated heterocycles. The van der Waals surface area contributed by atoms with E-state index in [0.717, 1.165) is 37.1 Å². The number of hydrogen-bond donors (Lipinski definition) is 1. The van der Waals surface area contributed by atoms with Crippen LogP contribution in [0.4, 0.5) is 5.69 Å². The van der Waals surface area contributed by atoms with Crippen LogP contribution in [0.25, 0.3) is 0 Å². The maximum absolute atomic E-state index is 12.2. The highest BCUT2D eigenvalue weighted by atomic mass is 79.9. The molecule has 1 atom stereocenters. The van der Waals surface area contributed by atoms with E-state index in [2.05, 4.69) is 74.4 Å². The van der Waals surface area contributed by atoms with Crippen LogP contribution in [0.2, 0.25) is 0 Å². The number of nitrogens with one attached hydrogen (secondary N) is 1. The fourth-order valence-electron chi connectivity index (χ4n) is 3.49. The van der Waals surface area contributed by atoms with Crippen molar-refractivity contribution in [2.45, 2.75) is 25.8 Å². The number of amides is 1. The van der Waals surface area contributed by atoms with E-state index < -0.39 is 0 Å². The summed E-state index contributed by atoms with van der Waals surface area (Å²) >= 11 is 3.54. The maximum Gasteiger partial charge on any atom is 0.220 e. The Morgan fingerprint density at radius 2 is 1.70 bits per heavy atom. The summed E-state index contributed by atoms with van der Waals surface area (Å²) in [4.78, 5) is 17.1. The predicted octanol–water partition coefficient (Wildman–Crippen LogP) is 3.71. The lowest BCUT2D eigenvalue weighted by Crippen LogP contribution is -2.52. The molecule has 4 nitrogen and oxygen atoms in total.